The minimum atomic E-state index is -4.34. The summed E-state index contributed by atoms with van der Waals surface area (Å²) in [6, 6.07) is 8.54. The van der Waals surface area contributed by atoms with Crippen molar-refractivity contribution in [3.8, 4) is 17.2 Å². The van der Waals surface area contributed by atoms with Gasteiger partial charge in [0.05, 0.1) is 18.1 Å². The van der Waals surface area contributed by atoms with E-state index in [1.54, 1.807) is 18.5 Å². The number of pyridine rings is 1. The van der Waals surface area contributed by atoms with E-state index < -0.39 is 11.7 Å². The topological polar surface area (TPSA) is 36.7 Å². The molecular weight excluding hydrogens is 253 g/mol. The van der Waals surface area contributed by atoms with Crippen LogP contribution in [-0.2, 0) is 12.6 Å². The van der Waals surface area contributed by atoms with Crippen LogP contribution in [0.15, 0.2) is 42.7 Å². The molecule has 1 aromatic carbocycles. The van der Waals surface area contributed by atoms with Crippen molar-refractivity contribution in [3.63, 3.8) is 0 Å². The Labute approximate surface area is 108 Å². The first-order valence-corrected chi connectivity index (χ1v) is 5.50. The van der Waals surface area contributed by atoms with E-state index in [0.29, 0.717) is 11.1 Å². The molecule has 0 bridgehead atoms. The van der Waals surface area contributed by atoms with Crippen molar-refractivity contribution >= 4 is 0 Å². The maximum atomic E-state index is 12.5. The first-order valence-electron chi connectivity index (χ1n) is 5.50. The van der Waals surface area contributed by atoms with Gasteiger partial charge < -0.3 is 0 Å². The van der Waals surface area contributed by atoms with E-state index in [0.717, 1.165) is 17.7 Å². The Morgan fingerprint density at radius 3 is 2.37 bits per heavy atom. The first kappa shape index (κ1) is 13.1. The summed E-state index contributed by atoms with van der Waals surface area (Å²) in [5, 5.41) is 8.72. The Morgan fingerprint density at radius 2 is 1.79 bits per heavy atom. The number of nitriles is 1. The number of alkyl halides is 3. The van der Waals surface area contributed by atoms with Gasteiger partial charge in [0.25, 0.3) is 0 Å². The summed E-state index contributed by atoms with van der Waals surface area (Å²) >= 11 is 0. The molecule has 2 aromatic rings. The largest absolute Gasteiger partial charge is 0.416 e. The third-order valence-electron chi connectivity index (χ3n) is 2.70. The molecule has 1 heterocycles. The summed E-state index contributed by atoms with van der Waals surface area (Å²) in [6.07, 6.45) is -1.04. The Balaban J connectivity index is 2.41. The minimum absolute atomic E-state index is 0.193. The van der Waals surface area contributed by atoms with Crippen LogP contribution < -0.4 is 0 Å². The molecule has 0 fully saturated rings. The molecule has 0 atom stereocenters. The standard InChI is InChI=1S/C14H9F3N2/c15-14(16,17)12-3-1-10(2-4-12)13-9-19-8-6-11(13)5-7-18/h1-4,6,8-9H,5H2. The third-order valence-corrected chi connectivity index (χ3v) is 2.70. The molecule has 1 aromatic heterocycles. The lowest BCUT2D eigenvalue weighted by Gasteiger charge is -2.09. The van der Waals surface area contributed by atoms with Gasteiger partial charge >= 0.3 is 6.18 Å². The number of rotatable bonds is 2. The maximum absolute atomic E-state index is 12.5. The molecule has 5 heteroatoms. The zero-order chi connectivity index (χ0) is 13.9. The van der Waals surface area contributed by atoms with Crippen LogP contribution in [0.25, 0.3) is 11.1 Å². The van der Waals surface area contributed by atoms with Crippen LogP contribution in [-0.4, -0.2) is 4.98 Å². The predicted molar refractivity (Wildman–Crippen MR) is 64.0 cm³/mol. The molecule has 2 nitrogen and oxygen atoms in total. The van der Waals surface area contributed by atoms with Crippen LogP contribution in [0.1, 0.15) is 11.1 Å². The van der Waals surface area contributed by atoms with Crippen molar-refractivity contribution in [2.45, 2.75) is 12.6 Å². The fraction of sp³-hybridized carbons (Fsp3) is 0.143. The lowest BCUT2D eigenvalue weighted by Crippen LogP contribution is -2.04. The van der Waals surface area contributed by atoms with Crippen LogP contribution in [0, 0.1) is 11.3 Å². The van der Waals surface area contributed by atoms with Gasteiger partial charge in [-0.25, -0.2) is 0 Å². The van der Waals surface area contributed by atoms with Gasteiger partial charge in [0, 0.05) is 18.0 Å². The van der Waals surface area contributed by atoms with Crippen LogP contribution in [0.3, 0.4) is 0 Å². The molecule has 2 rings (SSSR count). The Kier molecular flexibility index (Phi) is 3.52. The highest BCUT2D eigenvalue weighted by Gasteiger charge is 2.30. The number of nitrogens with zero attached hydrogens (tertiary/aromatic N) is 2. The molecule has 0 saturated carbocycles. The zero-order valence-electron chi connectivity index (χ0n) is 9.78. The second-order valence-corrected chi connectivity index (χ2v) is 3.94. The van der Waals surface area contributed by atoms with Crippen LogP contribution in [0.5, 0.6) is 0 Å². The molecule has 0 N–H and O–H groups in total. The summed E-state index contributed by atoms with van der Waals surface area (Å²) < 4.78 is 37.4. The lowest BCUT2D eigenvalue weighted by molar-refractivity contribution is -0.137. The number of aromatic nitrogens is 1. The predicted octanol–water partition coefficient (Wildman–Crippen LogP) is 3.83. The van der Waals surface area contributed by atoms with Crippen molar-refractivity contribution in [2.24, 2.45) is 0 Å². The van der Waals surface area contributed by atoms with Crippen molar-refractivity contribution in [1.82, 2.24) is 4.98 Å². The molecule has 96 valence electrons. The maximum Gasteiger partial charge on any atom is 0.416 e. The summed E-state index contributed by atoms with van der Waals surface area (Å²) in [5.41, 5.74) is 1.35. The van der Waals surface area contributed by atoms with Gasteiger partial charge in [-0.2, -0.15) is 18.4 Å². The molecule has 0 amide bonds. The Bertz CT molecular complexity index is 610. The highest BCUT2D eigenvalue weighted by Crippen LogP contribution is 2.31. The van der Waals surface area contributed by atoms with Crippen LogP contribution >= 0.6 is 0 Å². The molecule has 0 spiro atoms. The van der Waals surface area contributed by atoms with Gasteiger partial charge in [-0.3, -0.25) is 4.98 Å². The van der Waals surface area contributed by atoms with Crippen LogP contribution in [0.2, 0.25) is 0 Å². The average molecular weight is 262 g/mol. The molecule has 0 aliphatic rings. The quantitative estimate of drug-likeness (QED) is 0.824. The van der Waals surface area contributed by atoms with Gasteiger partial charge in [-0.15, -0.1) is 0 Å². The van der Waals surface area contributed by atoms with Crippen molar-refractivity contribution in [3.05, 3.63) is 53.9 Å². The summed E-state index contributed by atoms with van der Waals surface area (Å²) in [4.78, 5) is 3.94. The molecule has 0 aliphatic heterocycles. The molecular formula is C14H9F3N2. The van der Waals surface area contributed by atoms with Gasteiger partial charge in [0.2, 0.25) is 0 Å². The van der Waals surface area contributed by atoms with Crippen molar-refractivity contribution < 1.29 is 13.2 Å². The number of hydrogen-bond donors (Lipinski definition) is 0. The SMILES string of the molecule is N#CCc1ccncc1-c1ccc(C(F)(F)F)cc1. The molecule has 0 radical (unpaired) electrons. The summed E-state index contributed by atoms with van der Waals surface area (Å²) in [6.45, 7) is 0. The lowest BCUT2D eigenvalue weighted by atomic mass is 9.99. The summed E-state index contributed by atoms with van der Waals surface area (Å²) in [7, 11) is 0. The van der Waals surface area contributed by atoms with E-state index in [-0.39, 0.29) is 6.42 Å². The fourth-order valence-electron chi connectivity index (χ4n) is 1.76. The van der Waals surface area contributed by atoms with Gasteiger partial charge in [0.15, 0.2) is 0 Å². The highest BCUT2D eigenvalue weighted by molar-refractivity contribution is 5.67. The minimum Gasteiger partial charge on any atom is -0.264 e. The summed E-state index contributed by atoms with van der Waals surface area (Å²) in [5.74, 6) is 0. The first-order chi connectivity index (χ1) is 9.02. The monoisotopic (exact) mass is 262 g/mol. The Hall–Kier alpha value is -2.35. The van der Waals surface area contributed by atoms with E-state index in [1.165, 1.54) is 12.1 Å². The second kappa shape index (κ2) is 5.11. The van der Waals surface area contributed by atoms with E-state index in [4.69, 9.17) is 5.26 Å². The van der Waals surface area contributed by atoms with E-state index in [2.05, 4.69) is 4.98 Å². The van der Waals surface area contributed by atoms with Crippen molar-refractivity contribution in [1.29, 1.82) is 5.26 Å². The molecule has 0 aliphatic carbocycles. The molecule has 0 unspecified atom stereocenters. The smallest absolute Gasteiger partial charge is 0.264 e. The number of benzene rings is 1. The second-order valence-electron chi connectivity index (χ2n) is 3.94. The van der Waals surface area contributed by atoms with Crippen LogP contribution in [0.4, 0.5) is 13.2 Å². The van der Waals surface area contributed by atoms with Gasteiger partial charge in [0.1, 0.15) is 0 Å². The van der Waals surface area contributed by atoms with E-state index in [1.807, 2.05) is 6.07 Å². The van der Waals surface area contributed by atoms with Gasteiger partial charge in [-0.05, 0) is 29.3 Å². The van der Waals surface area contributed by atoms with Gasteiger partial charge in [-0.1, -0.05) is 12.1 Å². The van der Waals surface area contributed by atoms with E-state index >= 15 is 0 Å². The zero-order valence-corrected chi connectivity index (χ0v) is 9.78. The van der Waals surface area contributed by atoms with E-state index in [9.17, 15) is 13.2 Å². The molecule has 19 heavy (non-hydrogen) atoms. The number of hydrogen-bond acceptors (Lipinski definition) is 2. The highest BCUT2D eigenvalue weighted by atomic mass is 19.4. The third kappa shape index (κ3) is 2.91. The van der Waals surface area contributed by atoms with Crippen molar-refractivity contribution in [2.75, 3.05) is 0 Å². The Morgan fingerprint density at radius 1 is 1.11 bits per heavy atom. The fourth-order valence-corrected chi connectivity index (χ4v) is 1.76. The average Bonchev–Trinajstić information content (AvgIpc) is 2.39. The molecule has 0 saturated heterocycles. The normalized spacial score (nSPS) is 11.1. The number of halogens is 3.